The van der Waals surface area contributed by atoms with E-state index in [1.165, 1.54) is 0 Å². The van der Waals surface area contributed by atoms with Crippen LogP contribution in [0.5, 0.6) is 0 Å². The number of hydrogen-bond acceptors (Lipinski definition) is 7. The van der Waals surface area contributed by atoms with Crippen LogP contribution in [0.25, 0.3) is 0 Å². The van der Waals surface area contributed by atoms with Crippen molar-refractivity contribution in [1.29, 1.82) is 0 Å². The second kappa shape index (κ2) is 21.3. The van der Waals surface area contributed by atoms with Crippen LogP contribution in [0.1, 0.15) is 0 Å². The molecule has 0 bridgehead atoms. The van der Waals surface area contributed by atoms with Gasteiger partial charge in [-0.2, -0.15) is 0 Å². The number of halogens is 1. The third kappa shape index (κ3) is 20.3. The van der Waals surface area contributed by atoms with E-state index in [4.69, 9.17) is 34.5 Å². The Hall–Kier alpha value is 0.01000. The van der Waals surface area contributed by atoms with E-state index in [1.807, 2.05) is 0 Å². The number of rotatable bonds is 16. The van der Waals surface area contributed by atoms with E-state index >= 15 is 0 Å². The van der Waals surface area contributed by atoms with Gasteiger partial charge in [0.1, 0.15) is 0 Å². The maximum Gasteiger partial charge on any atom is 0.0701 e. The van der Waals surface area contributed by atoms with Gasteiger partial charge in [0, 0.05) is 6.54 Å². The predicted octanol–water partition coefficient (Wildman–Crippen LogP) is -0.558. The first-order valence-corrected chi connectivity index (χ1v) is 6.61. The molecule has 0 fully saturated rings. The van der Waals surface area contributed by atoms with Crippen LogP contribution in [0, 0.1) is 0 Å². The van der Waals surface area contributed by atoms with Crippen molar-refractivity contribution < 1.29 is 28.8 Å². The summed E-state index contributed by atoms with van der Waals surface area (Å²) in [5, 5.41) is 8.46. The number of nitrogens with two attached hydrogens (primary N) is 1. The number of ether oxygens (including phenoxy) is 5. The highest BCUT2D eigenvalue weighted by atomic mass is 35.5. The van der Waals surface area contributed by atoms with E-state index in [0.717, 1.165) is 0 Å². The Kier molecular flexibility index (Phi) is 23.8. The van der Waals surface area contributed by atoms with Gasteiger partial charge >= 0.3 is 0 Å². The monoisotopic (exact) mass is 317 g/mol. The summed E-state index contributed by atoms with van der Waals surface area (Å²) in [5.41, 5.74) is 5.27. The number of aliphatic hydroxyl groups is 1. The molecule has 0 spiro atoms. The molecule has 3 N–H and O–H groups in total. The summed E-state index contributed by atoms with van der Waals surface area (Å²) in [7, 11) is 0. The predicted molar refractivity (Wildman–Crippen MR) is 77.5 cm³/mol. The maximum atomic E-state index is 8.46. The molecule has 0 amide bonds. The minimum Gasteiger partial charge on any atom is -0.394 e. The van der Waals surface area contributed by atoms with Gasteiger partial charge in [-0.15, -0.1) is 12.4 Å². The van der Waals surface area contributed by atoms with Crippen LogP contribution in [0.15, 0.2) is 0 Å². The summed E-state index contributed by atoms with van der Waals surface area (Å²) < 4.78 is 26.0. The molecule has 0 aromatic rings. The molecule has 7 nitrogen and oxygen atoms in total. The quantitative estimate of drug-likeness (QED) is 0.369. The van der Waals surface area contributed by atoms with Crippen LogP contribution in [0.4, 0.5) is 0 Å². The number of aliphatic hydroxyl groups excluding tert-OH is 1. The van der Waals surface area contributed by atoms with Gasteiger partial charge in [-0.3, -0.25) is 0 Å². The summed E-state index contributed by atoms with van der Waals surface area (Å²) in [6, 6.07) is 0. The molecule has 0 saturated carbocycles. The summed E-state index contributed by atoms with van der Waals surface area (Å²) in [6.07, 6.45) is 0. The summed E-state index contributed by atoms with van der Waals surface area (Å²) in [4.78, 5) is 0. The maximum absolute atomic E-state index is 8.46. The average Bonchev–Trinajstić information content (AvgIpc) is 2.43. The van der Waals surface area contributed by atoms with Crippen LogP contribution in [-0.2, 0) is 23.7 Å². The first-order valence-electron chi connectivity index (χ1n) is 6.61. The molecule has 0 aromatic carbocycles. The van der Waals surface area contributed by atoms with Crippen molar-refractivity contribution in [2.75, 3.05) is 79.2 Å². The van der Waals surface area contributed by atoms with Crippen LogP contribution in [0.2, 0.25) is 0 Å². The van der Waals surface area contributed by atoms with Crippen molar-refractivity contribution in [3.8, 4) is 0 Å². The Balaban J connectivity index is 0. The fourth-order valence-corrected chi connectivity index (χ4v) is 1.13. The van der Waals surface area contributed by atoms with E-state index in [-0.39, 0.29) is 19.0 Å². The molecule has 8 heteroatoms. The van der Waals surface area contributed by atoms with E-state index in [0.29, 0.717) is 72.6 Å². The lowest BCUT2D eigenvalue weighted by molar-refractivity contribution is -0.0128. The highest BCUT2D eigenvalue weighted by molar-refractivity contribution is 5.85. The number of hydrogen-bond donors (Lipinski definition) is 2. The second-order valence-electron chi connectivity index (χ2n) is 3.57. The molecule has 0 radical (unpaired) electrons. The standard InChI is InChI=1S/C12H27NO6.ClH/c13-1-3-15-5-7-17-9-11-19-12-10-18-8-6-16-4-2-14;/h14H,1-13H2;1H. The Bertz CT molecular complexity index is 151. The van der Waals surface area contributed by atoms with E-state index < -0.39 is 0 Å². The molecule has 0 heterocycles. The van der Waals surface area contributed by atoms with Crippen LogP contribution < -0.4 is 5.73 Å². The van der Waals surface area contributed by atoms with Crippen LogP contribution in [0.3, 0.4) is 0 Å². The van der Waals surface area contributed by atoms with Crippen molar-refractivity contribution in [3.05, 3.63) is 0 Å². The second-order valence-corrected chi connectivity index (χ2v) is 3.57. The topological polar surface area (TPSA) is 92.4 Å². The highest BCUT2D eigenvalue weighted by Crippen LogP contribution is 1.83. The molecular weight excluding hydrogens is 290 g/mol. The first-order chi connectivity index (χ1) is 9.41. The molecule has 124 valence electrons. The molecule has 20 heavy (non-hydrogen) atoms. The summed E-state index contributed by atoms with van der Waals surface area (Å²) >= 11 is 0. The minimum absolute atomic E-state index is 0. The van der Waals surface area contributed by atoms with E-state index in [9.17, 15) is 0 Å². The lowest BCUT2D eigenvalue weighted by Gasteiger charge is -2.07. The molecule has 0 aliphatic rings. The fourth-order valence-electron chi connectivity index (χ4n) is 1.13. The van der Waals surface area contributed by atoms with Crippen molar-refractivity contribution in [1.82, 2.24) is 0 Å². The minimum atomic E-state index is 0. The SMILES string of the molecule is Cl.NCCOCCOCCOCCOCCOCCO. The third-order valence-electron chi connectivity index (χ3n) is 1.99. The Morgan fingerprint density at radius 2 is 0.850 bits per heavy atom. The zero-order valence-corrected chi connectivity index (χ0v) is 12.8. The van der Waals surface area contributed by atoms with Crippen LogP contribution >= 0.6 is 12.4 Å². The molecule has 0 atom stereocenters. The van der Waals surface area contributed by atoms with Gasteiger partial charge in [-0.25, -0.2) is 0 Å². The zero-order valence-electron chi connectivity index (χ0n) is 12.0. The largest absolute Gasteiger partial charge is 0.394 e. The third-order valence-corrected chi connectivity index (χ3v) is 1.99. The fraction of sp³-hybridized carbons (Fsp3) is 1.00. The van der Waals surface area contributed by atoms with Gasteiger partial charge in [0.2, 0.25) is 0 Å². The summed E-state index contributed by atoms with van der Waals surface area (Å²) in [6.45, 7) is 5.78. The summed E-state index contributed by atoms with van der Waals surface area (Å²) in [5.74, 6) is 0. The van der Waals surface area contributed by atoms with Crippen molar-refractivity contribution >= 4 is 12.4 Å². The molecule has 0 rings (SSSR count). The van der Waals surface area contributed by atoms with E-state index in [2.05, 4.69) is 0 Å². The molecule has 0 saturated heterocycles. The highest BCUT2D eigenvalue weighted by Gasteiger charge is 1.92. The van der Waals surface area contributed by atoms with Gasteiger partial charge in [0.25, 0.3) is 0 Å². The smallest absolute Gasteiger partial charge is 0.0701 e. The molecule has 0 unspecified atom stereocenters. The van der Waals surface area contributed by atoms with E-state index in [1.54, 1.807) is 0 Å². The van der Waals surface area contributed by atoms with Crippen molar-refractivity contribution in [2.45, 2.75) is 0 Å². The Morgan fingerprint density at radius 3 is 1.15 bits per heavy atom. The Labute approximate surface area is 127 Å². The van der Waals surface area contributed by atoms with Crippen LogP contribution in [-0.4, -0.2) is 84.3 Å². The first kappa shape index (κ1) is 22.3. The van der Waals surface area contributed by atoms with Crippen molar-refractivity contribution in [2.24, 2.45) is 5.73 Å². The van der Waals surface area contributed by atoms with Gasteiger partial charge in [-0.05, 0) is 0 Å². The van der Waals surface area contributed by atoms with Gasteiger partial charge < -0.3 is 34.5 Å². The molecule has 0 aliphatic carbocycles. The molecule has 0 aliphatic heterocycles. The van der Waals surface area contributed by atoms with Gasteiger partial charge in [0.15, 0.2) is 0 Å². The van der Waals surface area contributed by atoms with Gasteiger partial charge in [0.05, 0.1) is 72.7 Å². The van der Waals surface area contributed by atoms with Crippen molar-refractivity contribution in [3.63, 3.8) is 0 Å². The zero-order chi connectivity index (χ0) is 14.0. The Morgan fingerprint density at radius 1 is 0.550 bits per heavy atom. The lowest BCUT2D eigenvalue weighted by Crippen LogP contribution is -2.15. The van der Waals surface area contributed by atoms with Gasteiger partial charge in [-0.1, -0.05) is 0 Å². The molecular formula is C12H28ClNO6. The normalized spacial score (nSPS) is 10.5. The lowest BCUT2D eigenvalue weighted by atomic mass is 10.7. The molecule has 0 aromatic heterocycles. The average molecular weight is 318 g/mol.